The van der Waals surface area contributed by atoms with Gasteiger partial charge in [-0.2, -0.15) is 5.26 Å². The Balaban J connectivity index is 2.28. The summed E-state index contributed by atoms with van der Waals surface area (Å²) in [5, 5.41) is 26.7. The second kappa shape index (κ2) is 6.78. The van der Waals surface area contributed by atoms with E-state index in [9.17, 15) is 14.7 Å². The molecular weight excluding hydrogens is 302 g/mol. The van der Waals surface area contributed by atoms with Gasteiger partial charge in [-0.1, -0.05) is 17.8 Å². The number of benzene rings is 2. The lowest BCUT2D eigenvalue weighted by atomic mass is 10.1. The largest absolute Gasteiger partial charge is 0.481 e. The van der Waals surface area contributed by atoms with Crippen molar-refractivity contribution in [2.24, 2.45) is 0 Å². The number of hydrogen-bond acceptors (Lipinski definition) is 4. The molecule has 2 aromatic carbocycles. The Morgan fingerprint density at radius 3 is 2.23 bits per heavy atom. The van der Waals surface area contributed by atoms with Gasteiger partial charge in [0, 0.05) is 9.79 Å². The van der Waals surface area contributed by atoms with Gasteiger partial charge in [-0.15, -0.1) is 0 Å². The predicted molar refractivity (Wildman–Crippen MR) is 80.0 cm³/mol. The van der Waals surface area contributed by atoms with Crippen LogP contribution in [0.3, 0.4) is 0 Å². The first-order chi connectivity index (χ1) is 10.5. The van der Waals surface area contributed by atoms with Gasteiger partial charge in [-0.3, -0.25) is 4.79 Å². The first-order valence-electron chi connectivity index (χ1n) is 6.25. The van der Waals surface area contributed by atoms with E-state index in [0.29, 0.717) is 10.5 Å². The van der Waals surface area contributed by atoms with E-state index in [0.717, 1.165) is 4.90 Å². The fraction of sp³-hybridized carbons (Fsp3) is 0.0625. The molecule has 0 aromatic heterocycles. The highest BCUT2D eigenvalue weighted by molar-refractivity contribution is 7.99. The van der Waals surface area contributed by atoms with Gasteiger partial charge in [0.1, 0.15) is 0 Å². The van der Waals surface area contributed by atoms with Crippen LogP contribution < -0.4 is 0 Å². The average Bonchev–Trinajstić information content (AvgIpc) is 2.49. The van der Waals surface area contributed by atoms with Gasteiger partial charge in [-0.05, 0) is 42.0 Å². The smallest absolute Gasteiger partial charge is 0.336 e. The van der Waals surface area contributed by atoms with Crippen LogP contribution >= 0.6 is 11.8 Å². The molecule has 0 aliphatic carbocycles. The summed E-state index contributed by atoms with van der Waals surface area (Å²) in [5.74, 6) is -2.23. The molecule has 0 heterocycles. The van der Waals surface area contributed by atoms with E-state index in [1.165, 1.54) is 23.9 Å². The molecule has 2 N–H and O–H groups in total. The van der Waals surface area contributed by atoms with Crippen molar-refractivity contribution in [3.63, 3.8) is 0 Å². The first kappa shape index (κ1) is 15.6. The molecule has 6 heteroatoms. The van der Waals surface area contributed by atoms with Crippen LogP contribution in [-0.4, -0.2) is 22.2 Å². The highest BCUT2D eigenvalue weighted by Crippen LogP contribution is 2.29. The Hall–Kier alpha value is -2.78. The summed E-state index contributed by atoms with van der Waals surface area (Å²) >= 11 is 1.35. The van der Waals surface area contributed by atoms with Gasteiger partial charge in [0.15, 0.2) is 0 Å². The van der Waals surface area contributed by atoms with Gasteiger partial charge >= 0.3 is 11.9 Å². The molecule has 2 rings (SSSR count). The third-order valence-corrected chi connectivity index (χ3v) is 3.87. The minimum atomic E-state index is -1.15. The Kier molecular flexibility index (Phi) is 4.81. The monoisotopic (exact) mass is 313 g/mol. The predicted octanol–water partition coefficient (Wildman–Crippen LogP) is 3.03. The molecule has 0 spiro atoms. The number of carboxylic acid groups (broad SMARTS) is 2. The number of rotatable bonds is 5. The Morgan fingerprint density at radius 1 is 1.05 bits per heavy atom. The lowest BCUT2D eigenvalue weighted by Crippen LogP contribution is -2.07. The third-order valence-electron chi connectivity index (χ3n) is 2.87. The molecule has 0 atom stereocenters. The standard InChI is InChI=1S/C16H11NO4S/c17-9-10-1-4-12(5-2-10)22-13-6-3-11(7-15(18)19)14(8-13)16(20)21/h1-6,8H,7H2,(H,18,19)(H,20,21). The number of carbonyl (C=O) groups is 2. The lowest BCUT2D eigenvalue weighted by Gasteiger charge is -2.07. The van der Waals surface area contributed by atoms with Crippen molar-refractivity contribution >= 4 is 23.7 Å². The third kappa shape index (κ3) is 3.87. The van der Waals surface area contributed by atoms with Gasteiger partial charge in [0.2, 0.25) is 0 Å². The van der Waals surface area contributed by atoms with Crippen LogP contribution in [0, 0.1) is 11.3 Å². The number of carboxylic acids is 2. The van der Waals surface area contributed by atoms with E-state index < -0.39 is 11.9 Å². The van der Waals surface area contributed by atoms with E-state index in [-0.39, 0.29) is 17.5 Å². The summed E-state index contributed by atoms with van der Waals surface area (Å²) in [7, 11) is 0. The van der Waals surface area contributed by atoms with E-state index in [2.05, 4.69) is 0 Å². The van der Waals surface area contributed by atoms with Crippen molar-refractivity contribution < 1.29 is 19.8 Å². The summed E-state index contributed by atoms with van der Waals surface area (Å²) in [6.07, 6.45) is -0.330. The summed E-state index contributed by atoms with van der Waals surface area (Å²) in [5.41, 5.74) is 0.803. The van der Waals surface area contributed by atoms with Crippen molar-refractivity contribution in [3.8, 4) is 6.07 Å². The number of nitriles is 1. The van der Waals surface area contributed by atoms with E-state index in [4.69, 9.17) is 10.4 Å². The van der Waals surface area contributed by atoms with Crippen LogP contribution in [0.25, 0.3) is 0 Å². The number of aromatic carboxylic acids is 1. The number of aliphatic carboxylic acids is 1. The molecule has 5 nitrogen and oxygen atoms in total. The Morgan fingerprint density at radius 2 is 1.68 bits per heavy atom. The van der Waals surface area contributed by atoms with Crippen LogP contribution in [0.1, 0.15) is 21.5 Å². The summed E-state index contributed by atoms with van der Waals surface area (Å²) in [6, 6.07) is 13.6. The number of nitrogens with zero attached hydrogens (tertiary/aromatic N) is 1. The van der Waals surface area contributed by atoms with Crippen LogP contribution in [0.5, 0.6) is 0 Å². The molecule has 0 unspecified atom stereocenters. The molecule has 22 heavy (non-hydrogen) atoms. The van der Waals surface area contributed by atoms with Crippen LogP contribution in [-0.2, 0) is 11.2 Å². The van der Waals surface area contributed by atoms with E-state index >= 15 is 0 Å². The Bertz CT molecular complexity index is 763. The lowest BCUT2D eigenvalue weighted by molar-refractivity contribution is -0.136. The van der Waals surface area contributed by atoms with Crippen molar-refractivity contribution in [1.82, 2.24) is 0 Å². The minimum absolute atomic E-state index is 0.0129. The van der Waals surface area contributed by atoms with E-state index in [1.807, 2.05) is 6.07 Å². The summed E-state index contributed by atoms with van der Waals surface area (Å²) in [4.78, 5) is 23.6. The fourth-order valence-electron chi connectivity index (χ4n) is 1.87. The molecule has 0 aliphatic rings. The molecule has 2 aromatic rings. The molecule has 0 radical (unpaired) electrons. The molecule has 0 aliphatic heterocycles. The second-order valence-electron chi connectivity index (χ2n) is 4.43. The van der Waals surface area contributed by atoms with Gasteiger partial charge in [-0.25, -0.2) is 4.79 Å². The molecule has 110 valence electrons. The highest BCUT2D eigenvalue weighted by Gasteiger charge is 2.14. The normalized spacial score (nSPS) is 9.95. The van der Waals surface area contributed by atoms with Crippen molar-refractivity contribution in [1.29, 1.82) is 5.26 Å². The first-order valence-corrected chi connectivity index (χ1v) is 7.07. The molecule has 0 saturated heterocycles. The second-order valence-corrected chi connectivity index (χ2v) is 5.58. The number of hydrogen-bond donors (Lipinski definition) is 2. The zero-order chi connectivity index (χ0) is 16.1. The average molecular weight is 313 g/mol. The summed E-state index contributed by atoms with van der Waals surface area (Å²) in [6.45, 7) is 0. The fourth-order valence-corrected chi connectivity index (χ4v) is 2.73. The highest BCUT2D eigenvalue weighted by atomic mass is 32.2. The van der Waals surface area contributed by atoms with Crippen molar-refractivity contribution in [2.75, 3.05) is 0 Å². The van der Waals surface area contributed by atoms with E-state index in [1.54, 1.807) is 30.3 Å². The molecule has 0 bridgehead atoms. The topological polar surface area (TPSA) is 98.4 Å². The van der Waals surface area contributed by atoms with Crippen LogP contribution in [0.2, 0.25) is 0 Å². The van der Waals surface area contributed by atoms with Crippen LogP contribution in [0.4, 0.5) is 0 Å². The van der Waals surface area contributed by atoms with Crippen molar-refractivity contribution in [2.45, 2.75) is 16.2 Å². The zero-order valence-corrected chi connectivity index (χ0v) is 12.1. The molecule has 0 amide bonds. The maximum absolute atomic E-state index is 11.3. The van der Waals surface area contributed by atoms with Gasteiger partial charge in [0.05, 0.1) is 23.6 Å². The molecule has 0 saturated carbocycles. The maximum atomic E-state index is 11.3. The van der Waals surface area contributed by atoms with Gasteiger partial charge < -0.3 is 10.2 Å². The molecule has 0 fully saturated rings. The Labute approximate surface area is 130 Å². The zero-order valence-electron chi connectivity index (χ0n) is 11.3. The quantitative estimate of drug-likeness (QED) is 0.880. The summed E-state index contributed by atoms with van der Waals surface area (Å²) < 4.78 is 0. The minimum Gasteiger partial charge on any atom is -0.481 e. The molecular formula is C16H11NO4S. The van der Waals surface area contributed by atoms with Crippen molar-refractivity contribution in [3.05, 3.63) is 59.2 Å². The maximum Gasteiger partial charge on any atom is 0.336 e. The van der Waals surface area contributed by atoms with Crippen LogP contribution in [0.15, 0.2) is 52.3 Å². The van der Waals surface area contributed by atoms with Gasteiger partial charge in [0.25, 0.3) is 0 Å². The SMILES string of the molecule is N#Cc1ccc(Sc2ccc(CC(=O)O)c(C(=O)O)c2)cc1.